The van der Waals surface area contributed by atoms with Crippen molar-refractivity contribution in [2.75, 3.05) is 7.05 Å². The van der Waals surface area contributed by atoms with Gasteiger partial charge in [-0.25, -0.2) is 18.1 Å². The van der Waals surface area contributed by atoms with Crippen molar-refractivity contribution in [1.29, 1.82) is 0 Å². The average Bonchev–Trinajstić information content (AvgIpc) is 2.92. The molecule has 0 radical (unpaired) electrons. The van der Waals surface area contributed by atoms with E-state index in [4.69, 9.17) is 0 Å². The van der Waals surface area contributed by atoms with E-state index in [1.807, 2.05) is 6.92 Å². The maximum Gasteiger partial charge on any atom is 0.271 e. The van der Waals surface area contributed by atoms with Gasteiger partial charge in [-0.3, -0.25) is 4.79 Å². The molecule has 0 saturated carbocycles. The highest BCUT2D eigenvalue weighted by molar-refractivity contribution is 7.89. The minimum atomic E-state index is -3.48. The Balaban J connectivity index is 2.07. The van der Waals surface area contributed by atoms with E-state index in [9.17, 15) is 13.2 Å². The Morgan fingerprint density at radius 3 is 2.76 bits per heavy atom. The molecule has 0 unspecified atom stereocenters. The number of carbonyl (C=O) groups is 1. The number of amides is 1. The van der Waals surface area contributed by atoms with Crippen molar-refractivity contribution in [3.05, 3.63) is 45.9 Å². The number of benzene rings is 1. The Bertz CT molecular complexity index is 754. The Labute approximate surface area is 127 Å². The largest absolute Gasteiger partial charge is 0.347 e. The molecule has 1 heterocycles. The second kappa shape index (κ2) is 6.33. The summed E-state index contributed by atoms with van der Waals surface area (Å²) in [5.74, 6) is -0.277. The summed E-state index contributed by atoms with van der Waals surface area (Å²) in [5.41, 5.74) is 1.07. The number of aryl methyl sites for hydroxylation is 1. The predicted octanol–water partition coefficient (Wildman–Crippen LogP) is 1.29. The summed E-state index contributed by atoms with van der Waals surface area (Å²) < 4.78 is 25.7. The van der Waals surface area contributed by atoms with Crippen LogP contribution in [0.1, 0.15) is 21.1 Å². The van der Waals surface area contributed by atoms with Gasteiger partial charge in [0.15, 0.2) is 0 Å². The van der Waals surface area contributed by atoms with Crippen molar-refractivity contribution >= 4 is 27.3 Å². The summed E-state index contributed by atoms with van der Waals surface area (Å²) in [4.78, 5) is 16.1. The van der Waals surface area contributed by atoms with Crippen molar-refractivity contribution in [3.63, 3.8) is 0 Å². The molecule has 21 heavy (non-hydrogen) atoms. The Hall–Kier alpha value is -1.77. The monoisotopic (exact) mass is 325 g/mol. The zero-order valence-corrected chi connectivity index (χ0v) is 13.2. The lowest BCUT2D eigenvalue weighted by atomic mass is 10.2. The second-order valence-electron chi connectivity index (χ2n) is 4.29. The summed E-state index contributed by atoms with van der Waals surface area (Å²) in [5, 5.41) is 5.22. The molecular weight excluding hydrogens is 310 g/mol. The Kier molecular flexibility index (Phi) is 4.71. The molecule has 8 heteroatoms. The summed E-state index contributed by atoms with van der Waals surface area (Å²) in [7, 11) is -2.13. The lowest BCUT2D eigenvalue weighted by Crippen LogP contribution is -2.23. The van der Waals surface area contributed by atoms with Gasteiger partial charge in [0.1, 0.15) is 5.69 Å². The molecule has 1 aromatic carbocycles. The highest BCUT2D eigenvalue weighted by Crippen LogP contribution is 2.12. The number of rotatable bonds is 5. The minimum absolute atomic E-state index is 0.168. The fourth-order valence-electron chi connectivity index (χ4n) is 1.68. The molecule has 0 aliphatic rings. The SMILES string of the molecule is CNS(=O)(=O)c1cccc(CNC(=O)c2csc(C)n2)c1. The summed E-state index contributed by atoms with van der Waals surface area (Å²) in [6.45, 7) is 2.07. The molecule has 112 valence electrons. The van der Waals surface area contributed by atoms with Gasteiger partial charge in [0.2, 0.25) is 10.0 Å². The first-order chi connectivity index (χ1) is 9.92. The van der Waals surface area contributed by atoms with E-state index in [1.54, 1.807) is 17.5 Å². The van der Waals surface area contributed by atoms with Crippen LogP contribution in [-0.2, 0) is 16.6 Å². The maximum atomic E-state index is 11.9. The van der Waals surface area contributed by atoms with Crippen LogP contribution in [0.4, 0.5) is 0 Å². The molecule has 1 aromatic heterocycles. The Morgan fingerprint density at radius 1 is 1.38 bits per heavy atom. The van der Waals surface area contributed by atoms with Crippen molar-refractivity contribution in [1.82, 2.24) is 15.0 Å². The topological polar surface area (TPSA) is 88.2 Å². The van der Waals surface area contributed by atoms with E-state index in [1.165, 1.54) is 30.5 Å². The van der Waals surface area contributed by atoms with Crippen LogP contribution in [0, 0.1) is 6.92 Å². The first kappa shape index (κ1) is 15.6. The second-order valence-corrected chi connectivity index (χ2v) is 7.24. The van der Waals surface area contributed by atoms with Gasteiger partial charge in [0.05, 0.1) is 9.90 Å². The van der Waals surface area contributed by atoms with Crippen LogP contribution >= 0.6 is 11.3 Å². The van der Waals surface area contributed by atoms with Crippen LogP contribution in [0.25, 0.3) is 0 Å². The molecule has 0 atom stereocenters. The smallest absolute Gasteiger partial charge is 0.271 e. The average molecular weight is 325 g/mol. The van der Waals surface area contributed by atoms with Crippen molar-refractivity contribution in [3.8, 4) is 0 Å². The first-order valence-corrected chi connectivity index (χ1v) is 8.51. The Morgan fingerprint density at radius 2 is 2.14 bits per heavy atom. The molecule has 1 amide bonds. The number of aromatic nitrogens is 1. The van der Waals surface area contributed by atoms with Crippen molar-refractivity contribution < 1.29 is 13.2 Å². The first-order valence-electron chi connectivity index (χ1n) is 6.15. The van der Waals surface area contributed by atoms with Crippen LogP contribution in [0.5, 0.6) is 0 Å². The standard InChI is InChI=1S/C13H15N3O3S2/c1-9-16-12(8-20-9)13(17)15-7-10-4-3-5-11(6-10)21(18,19)14-2/h3-6,8,14H,7H2,1-2H3,(H,15,17). The molecular formula is C13H15N3O3S2. The number of nitrogens with one attached hydrogen (secondary N) is 2. The van der Waals surface area contributed by atoms with Gasteiger partial charge < -0.3 is 5.32 Å². The van der Waals surface area contributed by atoms with Crippen molar-refractivity contribution in [2.24, 2.45) is 0 Å². The van der Waals surface area contributed by atoms with Gasteiger partial charge in [0, 0.05) is 11.9 Å². The van der Waals surface area contributed by atoms with E-state index in [0.717, 1.165) is 5.01 Å². The number of thiazole rings is 1. The van der Waals surface area contributed by atoms with Crippen LogP contribution in [-0.4, -0.2) is 26.4 Å². The van der Waals surface area contributed by atoms with Crippen LogP contribution < -0.4 is 10.0 Å². The zero-order valence-electron chi connectivity index (χ0n) is 11.6. The maximum absolute atomic E-state index is 11.9. The molecule has 6 nitrogen and oxygen atoms in total. The normalized spacial score (nSPS) is 11.3. The fourth-order valence-corrected chi connectivity index (χ4v) is 3.07. The highest BCUT2D eigenvalue weighted by atomic mass is 32.2. The van der Waals surface area contributed by atoms with Gasteiger partial charge >= 0.3 is 0 Å². The van der Waals surface area contributed by atoms with E-state index in [-0.39, 0.29) is 17.3 Å². The quantitative estimate of drug-likeness (QED) is 0.867. The molecule has 0 saturated heterocycles. The molecule has 0 aliphatic heterocycles. The highest BCUT2D eigenvalue weighted by Gasteiger charge is 2.12. The lowest BCUT2D eigenvalue weighted by Gasteiger charge is -2.06. The molecule has 0 bridgehead atoms. The zero-order chi connectivity index (χ0) is 15.5. The number of sulfonamides is 1. The molecule has 2 aromatic rings. The fraction of sp³-hybridized carbons (Fsp3) is 0.231. The lowest BCUT2D eigenvalue weighted by molar-refractivity contribution is 0.0946. The van der Waals surface area contributed by atoms with Gasteiger partial charge in [0.25, 0.3) is 5.91 Å². The van der Waals surface area contributed by atoms with E-state index >= 15 is 0 Å². The summed E-state index contributed by atoms with van der Waals surface area (Å²) in [6, 6.07) is 6.42. The van der Waals surface area contributed by atoms with Crippen LogP contribution in [0.2, 0.25) is 0 Å². The van der Waals surface area contributed by atoms with E-state index in [2.05, 4.69) is 15.0 Å². The van der Waals surface area contributed by atoms with Gasteiger partial charge in [-0.2, -0.15) is 0 Å². The third kappa shape index (κ3) is 3.87. The third-order valence-corrected chi connectivity index (χ3v) is 4.97. The van der Waals surface area contributed by atoms with E-state index in [0.29, 0.717) is 11.3 Å². The van der Waals surface area contributed by atoms with Gasteiger partial charge in [-0.15, -0.1) is 11.3 Å². The van der Waals surface area contributed by atoms with Gasteiger partial charge in [-0.1, -0.05) is 12.1 Å². The van der Waals surface area contributed by atoms with E-state index < -0.39 is 10.0 Å². The third-order valence-electron chi connectivity index (χ3n) is 2.78. The summed E-state index contributed by atoms with van der Waals surface area (Å²) >= 11 is 1.40. The molecule has 0 fully saturated rings. The molecule has 2 N–H and O–H groups in total. The van der Waals surface area contributed by atoms with Crippen LogP contribution in [0.3, 0.4) is 0 Å². The van der Waals surface area contributed by atoms with Crippen LogP contribution in [0.15, 0.2) is 34.5 Å². The number of nitrogens with zero attached hydrogens (tertiary/aromatic N) is 1. The van der Waals surface area contributed by atoms with Gasteiger partial charge in [-0.05, 0) is 31.7 Å². The molecule has 0 spiro atoms. The number of carbonyl (C=O) groups excluding carboxylic acids is 1. The summed E-state index contributed by atoms with van der Waals surface area (Å²) in [6.07, 6.45) is 0. The predicted molar refractivity (Wildman–Crippen MR) is 80.7 cm³/mol. The van der Waals surface area contributed by atoms with Crippen molar-refractivity contribution in [2.45, 2.75) is 18.4 Å². The molecule has 0 aliphatic carbocycles. The number of hydrogen-bond donors (Lipinski definition) is 2. The molecule has 2 rings (SSSR count). The number of hydrogen-bond acceptors (Lipinski definition) is 5. The minimum Gasteiger partial charge on any atom is -0.347 e.